The van der Waals surface area contributed by atoms with Crippen LogP contribution in [0.25, 0.3) is 10.9 Å². The molecule has 1 aliphatic carbocycles. The Kier molecular flexibility index (Phi) is 5.12. The topological polar surface area (TPSA) is 109 Å². The zero-order chi connectivity index (χ0) is 20.9. The van der Waals surface area contributed by atoms with Crippen molar-refractivity contribution >= 4 is 16.6 Å². The van der Waals surface area contributed by atoms with E-state index in [0.717, 1.165) is 25.7 Å². The van der Waals surface area contributed by atoms with Crippen LogP contribution in [-0.4, -0.2) is 42.1 Å². The van der Waals surface area contributed by atoms with Crippen molar-refractivity contribution in [2.24, 2.45) is 11.7 Å². The molecule has 0 amide bonds. The van der Waals surface area contributed by atoms with Crippen LogP contribution in [0.2, 0.25) is 0 Å². The number of hydrogen-bond acceptors (Lipinski definition) is 6. The van der Waals surface area contributed by atoms with Gasteiger partial charge in [0.15, 0.2) is 0 Å². The average molecular weight is 405 g/mol. The number of halogens is 1. The second-order valence-electron chi connectivity index (χ2n) is 8.23. The molecule has 2 heterocycles. The van der Waals surface area contributed by atoms with Crippen molar-refractivity contribution < 1.29 is 9.13 Å². The molecular weight excluding hydrogens is 377 g/mol. The number of hydrogen-bond donors (Lipinski definition) is 2. The van der Waals surface area contributed by atoms with E-state index in [2.05, 4.69) is 0 Å². The van der Waals surface area contributed by atoms with Gasteiger partial charge in [0, 0.05) is 44.5 Å². The van der Waals surface area contributed by atoms with Gasteiger partial charge in [-0.1, -0.05) is 0 Å². The van der Waals surface area contributed by atoms with Gasteiger partial charge in [-0.25, -0.2) is 9.18 Å². The number of benzene rings is 1. The van der Waals surface area contributed by atoms with Crippen LogP contribution in [-0.2, 0) is 4.74 Å². The maximum atomic E-state index is 15.2. The smallest absolute Gasteiger partial charge is 0.350 e. The van der Waals surface area contributed by atoms with Crippen molar-refractivity contribution in [2.75, 3.05) is 37.5 Å². The fourth-order valence-corrected chi connectivity index (χ4v) is 4.55. The lowest BCUT2D eigenvalue weighted by atomic mass is 9.97. The number of nitrogen functional groups attached to an aromatic ring is 1. The summed E-state index contributed by atoms with van der Waals surface area (Å²) in [7, 11) is 1.65. The fraction of sp³-hybridized carbons (Fsp3) is 0.600. The molecule has 1 saturated heterocycles. The van der Waals surface area contributed by atoms with Gasteiger partial charge in [0.1, 0.15) is 5.82 Å². The molecule has 29 heavy (non-hydrogen) atoms. The summed E-state index contributed by atoms with van der Waals surface area (Å²) in [5.74, 6) is 5.45. The Morgan fingerprint density at radius 1 is 1.31 bits per heavy atom. The first-order chi connectivity index (χ1) is 13.8. The van der Waals surface area contributed by atoms with Gasteiger partial charge in [-0.2, -0.15) is 4.68 Å². The number of aryl methyl sites for hydroxylation is 1. The van der Waals surface area contributed by atoms with Crippen LogP contribution in [0.1, 0.15) is 37.3 Å². The lowest BCUT2D eigenvalue weighted by Gasteiger charge is -2.25. The van der Waals surface area contributed by atoms with Crippen molar-refractivity contribution in [2.45, 2.75) is 44.7 Å². The first-order valence-electron chi connectivity index (χ1n) is 10.1. The monoisotopic (exact) mass is 405 g/mol. The highest BCUT2D eigenvalue weighted by molar-refractivity contribution is 5.87. The van der Waals surface area contributed by atoms with Crippen molar-refractivity contribution in [3.05, 3.63) is 38.3 Å². The van der Waals surface area contributed by atoms with Crippen LogP contribution >= 0.6 is 0 Å². The standard InChI is InChI=1S/C20H28FN5O3/c1-11-17-14(19(27)26(23)20(28)25(17)13-3-4-13)9-15(21)18(11)24-7-5-12(10-24)16(22)6-8-29-2/h9,12-13,16H,3-8,10,22-23H2,1-2H3/t12?,16-/m0/s1. The van der Waals surface area contributed by atoms with E-state index in [4.69, 9.17) is 16.3 Å². The molecule has 1 aromatic heterocycles. The molecule has 158 valence electrons. The molecule has 0 radical (unpaired) electrons. The van der Waals surface area contributed by atoms with Crippen LogP contribution in [0, 0.1) is 18.7 Å². The lowest BCUT2D eigenvalue weighted by molar-refractivity contribution is 0.180. The molecule has 2 aliphatic rings. The molecule has 2 atom stereocenters. The van der Waals surface area contributed by atoms with Crippen LogP contribution in [0.5, 0.6) is 0 Å². The van der Waals surface area contributed by atoms with Gasteiger partial charge in [0.05, 0.1) is 16.6 Å². The minimum atomic E-state index is -0.670. The molecule has 4 rings (SSSR count). The number of anilines is 1. The Labute approximate surface area is 167 Å². The first kappa shape index (κ1) is 19.9. The van der Waals surface area contributed by atoms with Gasteiger partial charge < -0.3 is 21.2 Å². The number of fused-ring (bicyclic) bond motifs is 1. The van der Waals surface area contributed by atoms with Crippen LogP contribution in [0.15, 0.2) is 15.7 Å². The summed E-state index contributed by atoms with van der Waals surface area (Å²) in [6.07, 6.45) is 3.31. The first-order valence-corrected chi connectivity index (χ1v) is 10.1. The summed E-state index contributed by atoms with van der Waals surface area (Å²) >= 11 is 0. The Hall–Kier alpha value is -2.39. The highest BCUT2D eigenvalue weighted by Crippen LogP contribution is 2.39. The Balaban J connectivity index is 1.79. The molecule has 1 unspecified atom stereocenters. The third-order valence-corrected chi connectivity index (χ3v) is 6.28. The quantitative estimate of drug-likeness (QED) is 0.690. The number of aromatic nitrogens is 2. The third kappa shape index (κ3) is 3.32. The van der Waals surface area contributed by atoms with E-state index in [-0.39, 0.29) is 23.4 Å². The molecule has 8 nitrogen and oxygen atoms in total. The molecular formula is C20H28FN5O3. The van der Waals surface area contributed by atoms with E-state index in [0.29, 0.717) is 41.1 Å². The van der Waals surface area contributed by atoms with Crippen LogP contribution in [0.4, 0.5) is 10.1 Å². The molecule has 2 fully saturated rings. The molecule has 0 bridgehead atoms. The Morgan fingerprint density at radius 3 is 2.69 bits per heavy atom. The van der Waals surface area contributed by atoms with Crippen LogP contribution < -0.4 is 27.7 Å². The van der Waals surface area contributed by atoms with E-state index < -0.39 is 17.1 Å². The van der Waals surface area contributed by atoms with Crippen molar-refractivity contribution in [1.82, 2.24) is 9.24 Å². The highest BCUT2D eigenvalue weighted by Gasteiger charge is 2.33. The fourth-order valence-electron chi connectivity index (χ4n) is 4.55. The largest absolute Gasteiger partial charge is 0.385 e. The van der Waals surface area contributed by atoms with Crippen molar-refractivity contribution in [3.8, 4) is 0 Å². The molecule has 4 N–H and O–H groups in total. The molecule has 1 saturated carbocycles. The Bertz CT molecular complexity index is 1060. The van der Waals surface area contributed by atoms with E-state index in [9.17, 15) is 9.59 Å². The highest BCUT2D eigenvalue weighted by atomic mass is 19.1. The average Bonchev–Trinajstić information content (AvgIpc) is 3.42. The van der Waals surface area contributed by atoms with Gasteiger partial charge in [-0.3, -0.25) is 9.36 Å². The molecule has 0 spiro atoms. The van der Waals surface area contributed by atoms with Crippen LogP contribution in [0.3, 0.4) is 0 Å². The normalized spacial score (nSPS) is 20.6. The summed E-state index contributed by atoms with van der Waals surface area (Å²) in [5.41, 5.74) is 6.62. The second-order valence-corrected chi connectivity index (χ2v) is 8.23. The number of methoxy groups -OCH3 is 1. The van der Waals surface area contributed by atoms with E-state index in [1.54, 1.807) is 18.6 Å². The second kappa shape index (κ2) is 7.46. The zero-order valence-corrected chi connectivity index (χ0v) is 16.9. The zero-order valence-electron chi connectivity index (χ0n) is 16.9. The number of nitrogens with zero attached hydrogens (tertiary/aromatic N) is 3. The van der Waals surface area contributed by atoms with E-state index in [1.807, 2.05) is 4.90 Å². The summed E-state index contributed by atoms with van der Waals surface area (Å²) in [6.45, 7) is 3.68. The van der Waals surface area contributed by atoms with Gasteiger partial charge in [0.2, 0.25) is 0 Å². The van der Waals surface area contributed by atoms with Gasteiger partial charge >= 0.3 is 5.69 Å². The summed E-state index contributed by atoms with van der Waals surface area (Å²) < 4.78 is 22.4. The van der Waals surface area contributed by atoms with Gasteiger partial charge in [-0.15, -0.1) is 0 Å². The number of nitrogens with two attached hydrogens (primary N) is 2. The SMILES string of the molecule is COCC[C@H](N)C1CCN(c2c(F)cc3c(=O)n(N)c(=O)n(C4CC4)c3c2C)C1. The maximum Gasteiger partial charge on any atom is 0.350 e. The predicted molar refractivity (Wildman–Crippen MR) is 110 cm³/mol. The lowest BCUT2D eigenvalue weighted by Crippen LogP contribution is -2.44. The minimum Gasteiger partial charge on any atom is -0.385 e. The van der Waals surface area contributed by atoms with Crippen molar-refractivity contribution in [1.29, 1.82) is 0 Å². The molecule has 1 aliphatic heterocycles. The van der Waals surface area contributed by atoms with Gasteiger partial charge in [0.25, 0.3) is 5.56 Å². The van der Waals surface area contributed by atoms with E-state index >= 15 is 4.39 Å². The summed E-state index contributed by atoms with van der Waals surface area (Å²) in [6, 6.07) is 1.21. The minimum absolute atomic E-state index is 0.00574. The van der Waals surface area contributed by atoms with Crippen molar-refractivity contribution in [3.63, 3.8) is 0 Å². The molecule has 1 aromatic carbocycles. The number of ether oxygens (including phenoxy) is 1. The summed E-state index contributed by atoms with van der Waals surface area (Å²) in [4.78, 5) is 27.2. The van der Waals surface area contributed by atoms with E-state index in [1.165, 1.54) is 6.07 Å². The molecule has 2 aromatic rings. The Morgan fingerprint density at radius 2 is 2.03 bits per heavy atom. The maximum absolute atomic E-state index is 15.2. The third-order valence-electron chi connectivity index (χ3n) is 6.28. The molecule has 9 heteroatoms. The van der Waals surface area contributed by atoms with Gasteiger partial charge in [-0.05, 0) is 44.6 Å². The number of rotatable bonds is 6. The summed E-state index contributed by atoms with van der Waals surface area (Å²) in [5, 5.41) is 0.144. The predicted octanol–water partition coefficient (Wildman–Crippen LogP) is 0.850.